The second kappa shape index (κ2) is 5.36. The topological polar surface area (TPSA) is 91.0 Å². The first-order valence-corrected chi connectivity index (χ1v) is 6.82. The molecule has 0 aliphatic carbocycles. The summed E-state index contributed by atoms with van der Waals surface area (Å²) in [6, 6.07) is -0.353. The van der Waals surface area contributed by atoms with Gasteiger partial charge in [0.05, 0.1) is 18.2 Å². The van der Waals surface area contributed by atoms with Crippen molar-refractivity contribution in [2.24, 2.45) is 5.73 Å². The first-order chi connectivity index (χ1) is 8.84. The van der Waals surface area contributed by atoms with E-state index >= 15 is 0 Å². The largest absolute Gasteiger partial charge is 0.481 e. The SMILES string of the molecule is CC[C@H]1O[C@@H](CCC(=O)O)[C@@H](N)[C@H]2OC(C)(C)O[C@H]21. The number of rotatable bonds is 4. The van der Waals surface area contributed by atoms with E-state index in [-0.39, 0.29) is 36.9 Å². The third-order valence-electron chi connectivity index (χ3n) is 3.73. The third-order valence-corrected chi connectivity index (χ3v) is 3.73. The molecule has 6 heteroatoms. The van der Waals surface area contributed by atoms with Crippen molar-refractivity contribution in [2.45, 2.75) is 76.3 Å². The van der Waals surface area contributed by atoms with Crippen LogP contribution in [0.3, 0.4) is 0 Å². The molecule has 0 radical (unpaired) electrons. The summed E-state index contributed by atoms with van der Waals surface area (Å²) >= 11 is 0. The summed E-state index contributed by atoms with van der Waals surface area (Å²) in [5, 5.41) is 8.77. The Kier molecular flexibility index (Phi) is 4.15. The molecule has 0 amide bonds. The van der Waals surface area contributed by atoms with Gasteiger partial charge in [-0.05, 0) is 26.7 Å². The minimum atomic E-state index is -0.838. The number of carboxylic acid groups (broad SMARTS) is 1. The van der Waals surface area contributed by atoms with Crippen molar-refractivity contribution in [3.05, 3.63) is 0 Å². The lowest BCUT2D eigenvalue weighted by atomic mass is 9.90. The molecule has 5 atom stereocenters. The quantitative estimate of drug-likeness (QED) is 0.790. The lowest BCUT2D eigenvalue weighted by molar-refractivity contribution is -0.161. The summed E-state index contributed by atoms with van der Waals surface area (Å²) in [6.07, 6.45) is 0.460. The predicted molar refractivity (Wildman–Crippen MR) is 67.6 cm³/mol. The highest BCUT2D eigenvalue weighted by molar-refractivity contribution is 5.66. The molecule has 110 valence electrons. The van der Waals surface area contributed by atoms with E-state index in [9.17, 15) is 4.79 Å². The Bertz CT molecular complexity index is 346. The molecule has 3 N–H and O–H groups in total. The van der Waals surface area contributed by atoms with Crippen molar-refractivity contribution in [1.82, 2.24) is 0 Å². The summed E-state index contributed by atoms with van der Waals surface area (Å²) in [6.45, 7) is 5.73. The first-order valence-electron chi connectivity index (χ1n) is 6.82. The molecule has 0 aromatic carbocycles. The molecule has 0 bridgehead atoms. The van der Waals surface area contributed by atoms with E-state index in [0.717, 1.165) is 6.42 Å². The summed E-state index contributed by atoms with van der Waals surface area (Å²) in [5.41, 5.74) is 6.17. The van der Waals surface area contributed by atoms with Crippen LogP contribution < -0.4 is 5.73 Å². The van der Waals surface area contributed by atoms with Gasteiger partial charge in [0, 0.05) is 6.42 Å². The van der Waals surface area contributed by atoms with Crippen LogP contribution in [0.5, 0.6) is 0 Å². The summed E-state index contributed by atoms with van der Waals surface area (Å²) in [7, 11) is 0. The Morgan fingerprint density at radius 2 is 1.89 bits per heavy atom. The van der Waals surface area contributed by atoms with Gasteiger partial charge < -0.3 is 25.1 Å². The number of aliphatic carboxylic acids is 1. The molecule has 0 spiro atoms. The zero-order valence-corrected chi connectivity index (χ0v) is 11.7. The lowest BCUT2D eigenvalue weighted by Gasteiger charge is -2.40. The van der Waals surface area contributed by atoms with Gasteiger partial charge in [0.15, 0.2) is 5.79 Å². The number of fused-ring (bicyclic) bond motifs is 1. The molecule has 2 heterocycles. The maximum absolute atomic E-state index is 10.7. The van der Waals surface area contributed by atoms with Gasteiger partial charge in [-0.3, -0.25) is 4.79 Å². The van der Waals surface area contributed by atoms with E-state index in [0.29, 0.717) is 6.42 Å². The fraction of sp³-hybridized carbons (Fsp3) is 0.923. The summed E-state index contributed by atoms with van der Waals surface area (Å²) < 4.78 is 17.6. The van der Waals surface area contributed by atoms with Crippen LogP contribution in [0.1, 0.15) is 40.0 Å². The molecule has 2 aliphatic rings. The van der Waals surface area contributed by atoms with Gasteiger partial charge in [-0.1, -0.05) is 6.92 Å². The van der Waals surface area contributed by atoms with Gasteiger partial charge in [-0.25, -0.2) is 0 Å². The smallest absolute Gasteiger partial charge is 0.303 e. The molecule has 0 aromatic rings. The van der Waals surface area contributed by atoms with Crippen LogP contribution in [0.4, 0.5) is 0 Å². The number of ether oxygens (including phenoxy) is 3. The van der Waals surface area contributed by atoms with Crippen LogP contribution in [-0.2, 0) is 19.0 Å². The Labute approximate surface area is 113 Å². The average Bonchev–Trinajstić information content (AvgIpc) is 2.64. The highest BCUT2D eigenvalue weighted by Crippen LogP contribution is 2.38. The lowest BCUT2D eigenvalue weighted by Crippen LogP contribution is -2.59. The molecule has 6 nitrogen and oxygen atoms in total. The fourth-order valence-electron chi connectivity index (χ4n) is 2.86. The van der Waals surface area contributed by atoms with Crippen molar-refractivity contribution in [2.75, 3.05) is 0 Å². The van der Waals surface area contributed by atoms with E-state index in [1.165, 1.54) is 0 Å². The maximum Gasteiger partial charge on any atom is 0.303 e. The van der Waals surface area contributed by atoms with E-state index in [4.69, 9.17) is 25.1 Å². The number of carboxylic acids is 1. The highest BCUT2D eigenvalue weighted by atomic mass is 16.8. The fourth-order valence-corrected chi connectivity index (χ4v) is 2.86. The Hall–Kier alpha value is -0.690. The average molecular weight is 273 g/mol. The van der Waals surface area contributed by atoms with Crippen LogP contribution in [0, 0.1) is 0 Å². The zero-order valence-electron chi connectivity index (χ0n) is 11.7. The van der Waals surface area contributed by atoms with Gasteiger partial charge >= 0.3 is 5.97 Å². The van der Waals surface area contributed by atoms with Gasteiger partial charge in [0.25, 0.3) is 0 Å². The Morgan fingerprint density at radius 3 is 2.47 bits per heavy atom. The predicted octanol–water partition coefficient (Wildman–Crippen LogP) is 0.876. The molecular formula is C13H23NO5. The Morgan fingerprint density at radius 1 is 1.26 bits per heavy atom. The second-order valence-electron chi connectivity index (χ2n) is 5.70. The van der Waals surface area contributed by atoms with E-state index in [2.05, 4.69) is 0 Å². The Balaban J connectivity index is 2.08. The summed E-state index contributed by atoms with van der Waals surface area (Å²) in [4.78, 5) is 10.7. The third kappa shape index (κ3) is 3.08. The van der Waals surface area contributed by atoms with Crippen molar-refractivity contribution < 1.29 is 24.1 Å². The van der Waals surface area contributed by atoms with Gasteiger partial charge in [-0.15, -0.1) is 0 Å². The number of hydrogen-bond acceptors (Lipinski definition) is 5. The van der Waals surface area contributed by atoms with Gasteiger partial charge in [0.2, 0.25) is 0 Å². The molecule has 2 fully saturated rings. The monoisotopic (exact) mass is 273 g/mol. The number of carbonyl (C=O) groups is 1. The zero-order chi connectivity index (χ0) is 14.2. The van der Waals surface area contributed by atoms with Crippen LogP contribution in [0.25, 0.3) is 0 Å². The van der Waals surface area contributed by atoms with E-state index in [1.54, 1.807) is 0 Å². The van der Waals surface area contributed by atoms with Crippen molar-refractivity contribution in [3.63, 3.8) is 0 Å². The van der Waals surface area contributed by atoms with Crippen LogP contribution in [0.15, 0.2) is 0 Å². The maximum atomic E-state index is 10.7. The molecule has 0 aromatic heterocycles. The highest BCUT2D eigenvalue weighted by Gasteiger charge is 2.53. The molecule has 0 unspecified atom stereocenters. The normalized spacial score (nSPS) is 40.9. The van der Waals surface area contributed by atoms with E-state index < -0.39 is 11.8 Å². The summed E-state index contributed by atoms with van der Waals surface area (Å²) in [5.74, 6) is -1.50. The first kappa shape index (κ1) is 14.7. The van der Waals surface area contributed by atoms with Crippen LogP contribution in [0.2, 0.25) is 0 Å². The minimum Gasteiger partial charge on any atom is -0.481 e. The van der Waals surface area contributed by atoms with Crippen LogP contribution >= 0.6 is 0 Å². The molecule has 2 rings (SSSR count). The standard InChI is InChI=1S/C13H23NO5/c1-4-7-11-12(19-13(2,3)18-11)10(14)8(17-7)5-6-9(15)16/h7-8,10-12H,4-6,14H2,1-3H3,(H,15,16)/t7-,8+,10-,11+,12-/m1/s1. The van der Waals surface area contributed by atoms with Crippen molar-refractivity contribution in [1.29, 1.82) is 0 Å². The molecule has 19 heavy (non-hydrogen) atoms. The van der Waals surface area contributed by atoms with E-state index in [1.807, 2.05) is 20.8 Å². The number of nitrogens with two attached hydrogens (primary N) is 1. The number of hydrogen-bond donors (Lipinski definition) is 2. The molecule has 0 saturated carbocycles. The molecular weight excluding hydrogens is 250 g/mol. The van der Waals surface area contributed by atoms with Crippen molar-refractivity contribution >= 4 is 5.97 Å². The van der Waals surface area contributed by atoms with Crippen LogP contribution in [-0.4, -0.2) is 47.3 Å². The van der Waals surface area contributed by atoms with Gasteiger partial charge in [-0.2, -0.15) is 0 Å². The van der Waals surface area contributed by atoms with Crippen molar-refractivity contribution in [3.8, 4) is 0 Å². The molecule has 2 aliphatic heterocycles. The van der Waals surface area contributed by atoms with Gasteiger partial charge in [0.1, 0.15) is 12.2 Å². The second-order valence-corrected chi connectivity index (χ2v) is 5.70. The minimum absolute atomic E-state index is 0.0520. The molecule has 2 saturated heterocycles.